The van der Waals surface area contributed by atoms with Crippen molar-refractivity contribution in [3.63, 3.8) is 0 Å². The van der Waals surface area contributed by atoms with Crippen molar-refractivity contribution >= 4 is 6.03 Å². The Morgan fingerprint density at radius 2 is 1.80 bits per heavy atom. The summed E-state index contributed by atoms with van der Waals surface area (Å²) < 4.78 is 0. The topological polar surface area (TPSA) is 53.2 Å². The van der Waals surface area contributed by atoms with E-state index in [-0.39, 0.29) is 17.1 Å². The standard InChI is InChI=1S/C11H23N3O/c1-10(2,3)13-9(15)14-11(4)5-7-12-8-6-11/h12H,5-8H2,1-4H3,(H2,13,14,15). The molecule has 1 aliphatic rings. The Balaban J connectivity index is 2.42. The predicted molar refractivity (Wildman–Crippen MR) is 61.9 cm³/mol. The summed E-state index contributed by atoms with van der Waals surface area (Å²) in [6.07, 6.45) is 1.98. The Morgan fingerprint density at radius 3 is 2.27 bits per heavy atom. The van der Waals surface area contributed by atoms with E-state index in [4.69, 9.17) is 0 Å². The largest absolute Gasteiger partial charge is 0.334 e. The quantitative estimate of drug-likeness (QED) is 0.613. The maximum atomic E-state index is 11.7. The Bertz CT molecular complexity index is 226. The number of nitrogens with one attached hydrogen (secondary N) is 3. The molecule has 0 aromatic heterocycles. The Hall–Kier alpha value is -0.770. The molecule has 0 aliphatic carbocycles. The molecule has 1 rings (SSSR count). The molecule has 0 aromatic carbocycles. The monoisotopic (exact) mass is 213 g/mol. The summed E-state index contributed by atoms with van der Waals surface area (Å²) in [6.45, 7) is 10.0. The van der Waals surface area contributed by atoms with Crippen LogP contribution in [0.4, 0.5) is 4.79 Å². The molecule has 0 spiro atoms. The molecule has 0 saturated carbocycles. The van der Waals surface area contributed by atoms with Gasteiger partial charge in [0, 0.05) is 11.1 Å². The fourth-order valence-electron chi connectivity index (χ4n) is 1.75. The lowest BCUT2D eigenvalue weighted by Crippen LogP contribution is -2.57. The van der Waals surface area contributed by atoms with Crippen molar-refractivity contribution in [1.29, 1.82) is 0 Å². The lowest BCUT2D eigenvalue weighted by Gasteiger charge is -2.36. The number of piperidine rings is 1. The van der Waals surface area contributed by atoms with Crippen LogP contribution in [-0.4, -0.2) is 30.2 Å². The molecule has 1 aliphatic heterocycles. The second kappa shape index (κ2) is 4.39. The molecule has 4 heteroatoms. The molecule has 2 amide bonds. The van der Waals surface area contributed by atoms with Crippen LogP contribution in [0, 0.1) is 0 Å². The van der Waals surface area contributed by atoms with Gasteiger partial charge in [-0.05, 0) is 53.6 Å². The van der Waals surface area contributed by atoms with Crippen LogP contribution in [0.2, 0.25) is 0 Å². The molecule has 0 bridgehead atoms. The molecule has 0 unspecified atom stereocenters. The van der Waals surface area contributed by atoms with Crippen LogP contribution < -0.4 is 16.0 Å². The SMILES string of the molecule is CC(C)(C)NC(=O)NC1(C)CCNCC1. The van der Waals surface area contributed by atoms with Crippen molar-refractivity contribution in [2.24, 2.45) is 0 Å². The third kappa shape index (κ3) is 4.51. The van der Waals surface area contributed by atoms with E-state index in [2.05, 4.69) is 22.9 Å². The highest BCUT2D eigenvalue weighted by atomic mass is 16.2. The fraction of sp³-hybridized carbons (Fsp3) is 0.909. The van der Waals surface area contributed by atoms with Crippen LogP contribution in [-0.2, 0) is 0 Å². The molecule has 3 N–H and O–H groups in total. The van der Waals surface area contributed by atoms with Crippen LogP contribution in [0.25, 0.3) is 0 Å². The van der Waals surface area contributed by atoms with E-state index in [1.54, 1.807) is 0 Å². The smallest absolute Gasteiger partial charge is 0.315 e. The number of hydrogen-bond acceptors (Lipinski definition) is 2. The second-order valence-corrected chi connectivity index (χ2v) is 5.64. The number of carbonyl (C=O) groups excluding carboxylic acids is 1. The normalized spacial score (nSPS) is 20.8. The first-order chi connectivity index (χ1) is 6.81. The van der Waals surface area contributed by atoms with E-state index in [1.807, 2.05) is 20.8 Å². The highest BCUT2D eigenvalue weighted by Gasteiger charge is 2.29. The van der Waals surface area contributed by atoms with Crippen LogP contribution in [0.3, 0.4) is 0 Å². The zero-order valence-corrected chi connectivity index (χ0v) is 10.2. The van der Waals surface area contributed by atoms with Gasteiger partial charge in [-0.1, -0.05) is 0 Å². The highest BCUT2D eigenvalue weighted by molar-refractivity contribution is 5.75. The molecule has 0 aromatic rings. The van der Waals surface area contributed by atoms with Crippen molar-refractivity contribution in [2.45, 2.75) is 51.6 Å². The first kappa shape index (κ1) is 12.3. The van der Waals surface area contributed by atoms with Crippen molar-refractivity contribution < 1.29 is 4.79 Å². The summed E-state index contributed by atoms with van der Waals surface area (Å²) in [5.74, 6) is 0. The predicted octanol–water partition coefficient (Wildman–Crippen LogP) is 1.23. The maximum Gasteiger partial charge on any atom is 0.315 e. The van der Waals surface area contributed by atoms with Gasteiger partial charge in [-0.25, -0.2) is 4.79 Å². The van der Waals surface area contributed by atoms with E-state index < -0.39 is 0 Å². The lowest BCUT2D eigenvalue weighted by atomic mass is 9.91. The highest BCUT2D eigenvalue weighted by Crippen LogP contribution is 2.16. The van der Waals surface area contributed by atoms with Gasteiger partial charge in [0.2, 0.25) is 0 Å². The van der Waals surface area contributed by atoms with Gasteiger partial charge in [0.25, 0.3) is 0 Å². The van der Waals surface area contributed by atoms with Gasteiger partial charge in [0.1, 0.15) is 0 Å². The van der Waals surface area contributed by atoms with Crippen molar-refractivity contribution in [2.75, 3.05) is 13.1 Å². The number of amides is 2. The summed E-state index contributed by atoms with van der Waals surface area (Å²) in [7, 11) is 0. The fourth-order valence-corrected chi connectivity index (χ4v) is 1.75. The number of hydrogen-bond donors (Lipinski definition) is 3. The molecule has 1 saturated heterocycles. The average Bonchev–Trinajstić information content (AvgIpc) is 1.99. The summed E-state index contributed by atoms with van der Waals surface area (Å²) in [5, 5.41) is 9.27. The molecular formula is C11H23N3O. The van der Waals surface area contributed by atoms with Crippen molar-refractivity contribution in [3.8, 4) is 0 Å². The summed E-state index contributed by atoms with van der Waals surface area (Å²) >= 11 is 0. The van der Waals surface area contributed by atoms with Gasteiger partial charge in [-0.2, -0.15) is 0 Å². The molecule has 1 heterocycles. The molecule has 88 valence electrons. The maximum absolute atomic E-state index is 11.7. The third-order valence-corrected chi connectivity index (χ3v) is 2.61. The van der Waals surface area contributed by atoms with Crippen molar-refractivity contribution in [1.82, 2.24) is 16.0 Å². The Labute approximate surface area is 92.2 Å². The first-order valence-electron chi connectivity index (χ1n) is 5.62. The van der Waals surface area contributed by atoms with Gasteiger partial charge in [-0.3, -0.25) is 0 Å². The number of urea groups is 1. The van der Waals surface area contributed by atoms with Crippen LogP contribution in [0.1, 0.15) is 40.5 Å². The van der Waals surface area contributed by atoms with E-state index in [9.17, 15) is 4.79 Å². The van der Waals surface area contributed by atoms with Gasteiger partial charge >= 0.3 is 6.03 Å². The average molecular weight is 213 g/mol. The van der Waals surface area contributed by atoms with Crippen LogP contribution in [0.15, 0.2) is 0 Å². The Morgan fingerprint density at radius 1 is 1.27 bits per heavy atom. The zero-order chi connectivity index (χ0) is 11.5. The number of carbonyl (C=O) groups is 1. The molecule has 0 atom stereocenters. The zero-order valence-electron chi connectivity index (χ0n) is 10.2. The first-order valence-corrected chi connectivity index (χ1v) is 5.62. The van der Waals surface area contributed by atoms with Crippen LogP contribution >= 0.6 is 0 Å². The van der Waals surface area contributed by atoms with E-state index in [0.29, 0.717) is 0 Å². The van der Waals surface area contributed by atoms with E-state index >= 15 is 0 Å². The molecule has 4 nitrogen and oxygen atoms in total. The second-order valence-electron chi connectivity index (χ2n) is 5.64. The van der Waals surface area contributed by atoms with E-state index in [0.717, 1.165) is 25.9 Å². The van der Waals surface area contributed by atoms with Gasteiger partial charge in [0.05, 0.1) is 0 Å². The summed E-state index contributed by atoms with van der Waals surface area (Å²) in [6, 6.07) is -0.0631. The van der Waals surface area contributed by atoms with Gasteiger partial charge in [0.15, 0.2) is 0 Å². The van der Waals surface area contributed by atoms with Gasteiger partial charge < -0.3 is 16.0 Å². The molecular weight excluding hydrogens is 190 g/mol. The lowest BCUT2D eigenvalue weighted by molar-refractivity contribution is 0.207. The Kier molecular flexibility index (Phi) is 3.60. The summed E-state index contributed by atoms with van der Waals surface area (Å²) in [4.78, 5) is 11.7. The minimum Gasteiger partial charge on any atom is -0.334 e. The minimum absolute atomic E-state index is 0.0550. The summed E-state index contributed by atoms with van der Waals surface area (Å²) in [5.41, 5.74) is -0.228. The number of rotatable bonds is 1. The molecule has 0 radical (unpaired) electrons. The third-order valence-electron chi connectivity index (χ3n) is 2.61. The van der Waals surface area contributed by atoms with E-state index in [1.165, 1.54) is 0 Å². The minimum atomic E-state index is -0.173. The molecule has 15 heavy (non-hydrogen) atoms. The van der Waals surface area contributed by atoms with Gasteiger partial charge in [-0.15, -0.1) is 0 Å². The molecule has 1 fully saturated rings. The van der Waals surface area contributed by atoms with Crippen LogP contribution in [0.5, 0.6) is 0 Å². The van der Waals surface area contributed by atoms with Crippen molar-refractivity contribution in [3.05, 3.63) is 0 Å².